The number of ether oxygens (including phenoxy) is 1. The van der Waals surface area contributed by atoms with Gasteiger partial charge in [-0.15, -0.1) is 0 Å². The number of amides is 1. The minimum atomic E-state index is -3.69. The number of hydrogen-bond acceptors (Lipinski definition) is 6. The van der Waals surface area contributed by atoms with Crippen LogP contribution < -0.4 is 0 Å². The first kappa shape index (κ1) is 21.2. The molecule has 1 amide bonds. The van der Waals surface area contributed by atoms with Gasteiger partial charge in [0.05, 0.1) is 17.1 Å². The van der Waals surface area contributed by atoms with E-state index in [9.17, 15) is 18.0 Å². The molecule has 0 spiro atoms. The molecule has 1 aliphatic heterocycles. The number of sulfonamides is 1. The van der Waals surface area contributed by atoms with Gasteiger partial charge in [0.15, 0.2) is 0 Å². The third-order valence-corrected chi connectivity index (χ3v) is 7.13. The normalized spacial score (nSPS) is 15.6. The van der Waals surface area contributed by atoms with E-state index in [0.29, 0.717) is 18.7 Å². The summed E-state index contributed by atoms with van der Waals surface area (Å²) in [6.45, 7) is 3.06. The number of nitrogens with zero attached hydrogens (tertiary/aromatic N) is 2. The van der Waals surface area contributed by atoms with Gasteiger partial charge in [0.25, 0.3) is 0 Å². The number of carbonyl (C=O) groups excluding carboxylic acids is 2. The zero-order chi connectivity index (χ0) is 20.9. The summed E-state index contributed by atoms with van der Waals surface area (Å²) in [6.07, 6.45) is 3.27. The number of hydrogen-bond donors (Lipinski definition) is 0. The Bertz CT molecular complexity index is 974. The molecule has 0 unspecified atom stereocenters. The molecule has 2 aromatic rings. The molecule has 1 saturated heterocycles. The van der Waals surface area contributed by atoms with E-state index >= 15 is 0 Å². The van der Waals surface area contributed by atoms with Crippen LogP contribution in [0, 0.1) is 0 Å². The molecule has 3 rings (SSSR count). The summed E-state index contributed by atoms with van der Waals surface area (Å²) >= 11 is 1.56. The molecule has 29 heavy (non-hydrogen) atoms. The smallest absolute Gasteiger partial charge is 0.338 e. The molecular formula is C20H22N2O5S2. The fourth-order valence-corrected chi connectivity index (χ4v) is 4.97. The lowest BCUT2D eigenvalue weighted by molar-refractivity contribution is -0.127. The van der Waals surface area contributed by atoms with E-state index in [1.165, 1.54) is 34.6 Å². The van der Waals surface area contributed by atoms with Crippen molar-refractivity contribution in [3.05, 3.63) is 58.3 Å². The largest absolute Gasteiger partial charge is 0.462 e. The molecule has 0 bridgehead atoms. The van der Waals surface area contributed by atoms with Crippen molar-refractivity contribution in [1.82, 2.24) is 9.21 Å². The van der Waals surface area contributed by atoms with Gasteiger partial charge in [-0.05, 0) is 59.7 Å². The second-order valence-corrected chi connectivity index (χ2v) is 9.08. The lowest BCUT2D eigenvalue weighted by atomic mass is 10.2. The molecular weight excluding hydrogens is 412 g/mol. The van der Waals surface area contributed by atoms with E-state index in [1.54, 1.807) is 29.2 Å². The van der Waals surface area contributed by atoms with E-state index < -0.39 is 16.0 Å². The average Bonchev–Trinajstić information content (AvgIpc) is 3.26. The Hall–Kier alpha value is -2.49. The van der Waals surface area contributed by atoms with Gasteiger partial charge in [-0.3, -0.25) is 4.79 Å². The summed E-state index contributed by atoms with van der Waals surface area (Å²) in [5.41, 5.74) is 1.27. The molecule has 2 heterocycles. The summed E-state index contributed by atoms with van der Waals surface area (Å²) in [5.74, 6) is -0.619. The molecule has 1 aliphatic rings. The predicted octanol–water partition coefficient (Wildman–Crippen LogP) is 2.47. The van der Waals surface area contributed by atoms with Crippen molar-refractivity contribution in [2.45, 2.75) is 11.8 Å². The number of esters is 1. The second kappa shape index (κ2) is 9.34. The van der Waals surface area contributed by atoms with Crippen LogP contribution in [0.5, 0.6) is 0 Å². The van der Waals surface area contributed by atoms with E-state index in [0.717, 1.165) is 5.56 Å². The van der Waals surface area contributed by atoms with Gasteiger partial charge in [0.2, 0.25) is 15.9 Å². The summed E-state index contributed by atoms with van der Waals surface area (Å²) in [6, 6.07) is 7.62. The Morgan fingerprint density at radius 3 is 2.38 bits per heavy atom. The van der Waals surface area contributed by atoms with E-state index in [-0.39, 0.29) is 30.5 Å². The predicted molar refractivity (Wildman–Crippen MR) is 111 cm³/mol. The lowest BCUT2D eigenvalue weighted by Gasteiger charge is -2.33. The Kier molecular flexibility index (Phi) is 6.83. The Labute approximate surface area is 174 Å². The van der Waals surface area contributed by atoms with Gasteiger partial charge in [-0.1, -0.05) is 0 Å². The lowest BCUT2D eigenvalue weighted by Crippen LogP contribution is -2.50. The molecule has 154 valence electrons. The monoisotopic (exact) mass is 434 g/mol. The molecule has 1 aromatic heterocycles. The first-order valence-electron chi connectivity index (χ1n) is 9.18. The number of thiophene rings is 1. The maximum absolute atomic E-state index is 12.8. The summed E-state index contributed by atoms with van der Waals surface area (Å²) in [7, 11) is -3.69. The molecule has 0 saturated carbocycles. The molecule has 0 aliphatic carbocycles. The van der Waals surface area contributed by atoms with Crippen LogP contribution in [0.3, 0.4) is 0 Å². The standard InChI is InChI=1S/C20H22N2O5S2/c1-2-27-20(24)17-4-6-18(7-5-17)29(25,26)22-12-10-21(11-13-22)19(23)8-3-16-9-14-28-15-16/h3-9,14-15H,2,10-13H2,1H3/b8-3+. The second-order valence-electron chi connectivity index (χ2n) is 6.36. The van der Waals surface area contributed by atoms with E-state index in [4.69, 9.17) is 4.74 Å². The topological polar surface area (TPSA) is 84.0 Å². The SMILES string of the molecule is CCOC(=O)c1ccc(S(=O)(=O)N2CCN(C(=O)/C=C/c3ccsc3)CC2)cc1. The van der Waals surface area contributed by atoms with Crippen molar-refractivity contribution >= 4 is 39.3 Å². The molecule has 1 aromatic carbocycles. The van der Waals surface area contributed by atoms with Crippen molar-refractivity contribution in [3.8, 4) is 0 Å². The third kappa shape index (κ3) is 5.11. The Morgan fingerprint density at radius 1 is 1.10 bits per heavy atom. The van der Waals surface area contributed by atoms with E-state index in [2.05, 4.69) is 0 Å². The first-order valence-corrected chi connectivity index (χ1v) is 11.6. The molecule has 9 heteroatoms. The minimum Gasteiger partial charge on any atom is -0.462 e. The molecule has 1 fully saturated rings. The van der Waals surface area contributed by atoms with E-state index in [1.807, 2.05) is 16.8 Å². The van der Waals surface area contributed by atoms with Crippen LogP contribution in [0.15, 0.2) is 52.1 Å². The van der Waals surface area contributed by atoms with Crippen LogP contribution in [0.2, 0.25) is 0 Å². The van der Waals surface area contributed by atoms with Crippen LogP contribution in [0.25, 0.3) is 6.08 Å². The molecule has 7 nitrogen and oxygen atoms in total. The summed E-state index contributed by atoms with van der Waals surface area (Å²) in [5, 5.41) is 3.88. The van der Waals surface area contributed by atoms with Gasteiger partial charge in [-0.2, -0.15) is 15.6 Å². The highest BCUT2D eigenvalue weighted by molar-refractivity contribution is 7.89. The number of benzene rings is 1. The van der Waals surface area contributed by atoms with Gasteiger partial charge < -0.3 is 9.64 Å². The van der Waals surface area contributed by atoms with Crippen LogP contribution in [-0.2, 0) is 19.6 Å². The first-order chi connectivity index (χ1) is 13.9. The van der Waals surface area contributed by atoms with Crippen molar-refractivity contribution in [1.29, 1.82) is 0 Å². The highest BCUT2D eigenvalue weighted by atomic mass is 32.2. The Morgan fingerprint density at radius 2 is 1.79 bits per heavy atom. The van der Waals surface area contributed by atoms with Gasteiger partial charge in [0.1, 0.15) is 0 Å². The maximum atomic E-state index is 12.8. The summed E-state index contributed by atoms with van der Waals surface area (Å²) in [4.78, 5) is 25.8. The molecule has 0 atom stereocenters. The summed E-state index contributed by atoms with van der Waals surface area (Å²) < 4.78 is 32.0. The highest BCUT2D eigenvalue weighted by Gasteiger charge is 2.29. The fraction of sp³-hybridized carbons (Fsp3) is 0.300. The highest BCUT2D eigenvalue weighted by Crippen LogP contribution is 2.19. The fourth-order valence-electron chi connectivity index (χ4n) is 2.92. The van der Waals surface area contributed by atoms with Crippen molar-refractivity contribution in [2.75, 3.05) is 32.8 Å². The number of carbonyl (C=O) groups is 2. The van der Waals surface area contributed by atoms with Gasteiger partial charge in [-0.25, -0.2) is 13.2 Å². The van der Waals surface area contributed by atoms with Crippen LogP contribution in [0.4, 0.5) is 0 Å². The number of piperazine rings is 1. The van der Waals surface area contributed by atoms with Gasteiger partial charge in [0, 0.05) is 32.3 Å². The maximum Gasteiger partial charge on any atom is 0.338 e. The Balaban J connectivity index is 1.60. The average molecular weight is 435 g/mol. The van der Waals surface area contributed by atoms with Crippen molar-refractivity contribution in [2.24, 2.45) is 0 Å². The molecule has 0 N–H and O–H groups in total. The quantitative estimate of drug-likeness (QED) is 0.515. The van der Waals surface area contributed by atoms with Crippen molar-refractivity contribution in [3.63, 3.8) is 0 Å². The van der Waals surface area contributed by atoms with Crippen LogP contribution in [-0.4, -0.2) is 62.3 Å². The molecule has 0 radical (unpaired) electrons. The number of rotatable bonds is 6. The van der Waals surface area contributed by atoms with Crippen LogP contribution >= 0.6 is 11.3 Å². The van der Waals surface area contributed by atoms with Crippen molar-refractivity contribution < 1.29 is 22.7 Å². The van der Waals surface area contributed by atoms with Crippen LogP contribution in [0.1, 0.15) is 22.8 Å². The third-order valence-electron chi connectivity index (χ3n) is 4.52. The zero-order valence-corrected chi connectivity index (χ0v) is 17.6. The van der Waals surface area contributed by atoms with Gasteiger partial charge >= 0.3 is 5.97 Å². The minimum absolute atomic E-state index is 0.114. The zero-order valence-electron chi connectivity index (χ0n) is 16.0.